The van der Waals surface area contributed by atoms with Crippen molar-refractivity contribution in [3.8, 4) is 5.75 Å². The Morgan fingerprint density at radius 3 is 2.38 bits per heavy atom. The second-order valence-corrected chi connectivity index (χ2v) is 7.09. The predicted molar refractivity (Wildman–Crippen MR) is 117 cm³/mol. The van der Waals surface area contributed by atoms with Gasteiger partial charge in [0.25, 0.3) is 0 Å². The van der Waals surface area contributed by atoms with Crippen molar-refractivity contribution in [2.24, 2.45) is 0 Å². The summed E-state index contributed by atoms with van der Waals surface area (Å²) >= 11 is 0. The SMILES string of the molecule is COc1cccc(CCNC(=O)CNC(c2ccccc2)c2ccc(C)cc2)c1. The third-order valence-corrected chi connectivity index (χ3v) is 4.88. The maximum atomic E-state index is 12.4. The molecule has 150 valence electrons. The maximum Gasteiger partial charge on any atom is 0.233 e. The van der Waals surface area contributed by atoms with Crippen LogP contribution < -0.4 is 15.4 Å². The molecule has 4 nitrogen and oxygen atoms in total. The first-order chi connectivity index (χ1) is 14.2. The topological polar surface area (TPSA) is 50.4 Å². The van der Waals surface area contributed by atoms with Crippen LogP contribution in [0.1, 0.15) is 28.3 Å². The van der Waals surface area contributed by atoms with E-state index in [1.807, 2.05) is 42.5 Å². The van der Waals surface area contributed by atoms with Gasteiger partial charge in [-0.05, 0) is 42.2 Å². The van der Waals surface area contributed by atoms with Gasteiger partial charge in [-0.15, -0.1) is 0 Å². The van der Waals surface area contributed by atoms with Gasteiger partial charge >= 0.3 is 0 Å². The van der Waals surface area contributed by atoms with Gasteiger partial charge in [0.2, 0.25) is 5.91 Å². The number of carbonyl (C=O) groups excluding carboxylic acids is 1. The van der Waals surface area contributed by atoms with Gasteiger partial charge in [0, 0.05) is 6.54 Å². The van der Waals surface area contributed by atoms with Gasteiger partial charge in [-0.1, -0.05) is 72.3 Å². The highest BCUT2D eigenvalue weighted by Gasteiger charge is 2.14. The quantitative estimate of drug-likeness (QED) is 0.582. The fourth-order valence-electron chi connectivity index (χ4n) is 3.26. The zero-order valence-corrected chi connectivity index (χ0v) is 17.0. The average Bonchev–Trinajstić information content (AvgIpc) is 2.76. The van der Waals surface area contributed by atoms with Crippen LogP contribution in [-0.2, 0) is 11.2 Å². The highest BCUT2D eigenvalue weighted by molar-refractivity contribution is 5.78. The van der Waals surface area contributed by atoms with Crippen LogP contribution >= 0.6 is 0 Å². The first-order valence-electron chi connectivity index (χ1n) is 9.90. The van der Waals surface area contributed by atoms with Gasteiger partial charge in [0.05, 0.1) is 19.7 Å². The zero-order chi connectivity index (χ0) is 20.5. The van der Waals surface area contributed by atoms with E-state index < -0.39 is 0 Å². The van der Waals surface area contributed by atoms with Crippen LogP contribution in [-0.4, -0.2) is 26.1 Å². The van der Waals surface area contributed by atoms with Crippen LogP contribution in [0.2, 0.25) is 0 Å². The number of hydrogen-bond donors (Lipinski definition) is 2. The molecule has 0 radical (unpaired) electrons. The third-order valence-electron chi connectivity index (χ3n) is 4.88. The van der Waals surface area contributed by atoms with E-state index in [9.17, 15) is 4.79 Å². The van der Waals surface area contributed by atoms with E-state index in [1.165, 1.54) is 5.56 Å². The number of methoxy groups -OCH3 is 1. The number of nitrogens with one attached hydrogen (secondary N) is 2. The van der Waals surface area contributed by atoms with Gasteiger partial charge in [0.1, 0.15) is 5.75 Å². The molecule has 2 N–H and O–H groups in total. The Morgan fingerprint density at radius 1 is 0.931 bits per heavy atom. The van der Waals surface area contributed by atoms with Crippen molar-refractivity contribution in [2.45, 2.75) is 19.4 Å². The zero-order valence-electron chi connectivity index (χ0n) is 17.0. The Labute approximate surface area is 172 Å². The first kappa shape index (κ1) is 20.6. The summed E-state index contributed by atoms with van der Waals surface area (Å²) < 4.78 is 5.24. The van der Waals surface area contributed by atoms with E-state index in [1.54, 1.807) is 7.11 Å². The molecule has 1 unspecified atom stereocenters. The largest absolute Gasteiger partial charge is 0.497 e. The molecule has 0 heterocycles. The van der Waals surface area contributed by atoms with Gasteiger partial charge < -0.3 is 10.1 Å². The molecule has 0 fully saturated rings. The highest BCUT2D eigenvalue weighted by atomic mass is 16.5. The van der Waals surface area contributed by atoms with Gasteiger partial charge in [0.15, 0.2) is 0 Å². The Balaban J connectivity index is 1.56. The molecule has 0 saturated carbocycles. The van der Waals surface area contributed by atoms with Crippen molar-refractivity contribution in [1.29, 1.82) is 0 Å². The molecule has 0 aliphatic heterocycles. The minimum absolute atomic E-state index is 0.0130. The van der Waals surface area contributed by atoms with Crippen LogP contribution in [0.25, 0.3) is 0 Å². The fraction of sp³-hybridized carbons (Fsp3) is 0.240. The summed E-state index contributed by atoms with van der Waals surface area (Å²) in [6.07, 6.45) is 0.767. The lowest BCUT2D eigenvalue weighted by molar-refractivity contribution is -0.120. The molecule has 3 aromatic rings. The lowest BCUT2D eigenvalue weighted by atomic mass is 9.98. The second-order valence-electron chi connectivity index (χ2n) is 7.09. The second kappa shape index (κ2) is 10.4. The summed E-state index contributed by atoms with van der Waals surface area (Å²) in [6, 6.07) is 26.5. The number of amides is 1. The van der Waals surface area contributed by atoms with E-state index in [0.29, 0.717) is 6.54 Å². The summed E-state index contributed by atoms with van der Waals surface area (Å²) in [5.74, 6) is 0.820. The van der Waals surface area contributed by atoms with E-state index >= 15 is 0 Å². The Kier molecular flexibility index (Phi) is 7.42. The molecule has 0 aliphatic rings. The number of benzene rings is 3. The van der Waals surface area contributed by atoms with Crippen molar-refractivity contribution in [1.82, 2.24) is 10.6 Å². The van der Waals surface area contributed by atoms with Crippen molar-refractivity contribution >= 4 is 5.91 Å². The molecular formula is C25H28N2O2. The normalized spacial score (nSPS) is 11.7. The van der Waals surface area contributed by atoms with Crippen molar-refractivity contribution in [2.75, 3.05) is 20.2 Å². The summed E-state index contributed by atoms with van der Waals surface area (Å²) in [7, 11) is 1.66. The molecule has 3 rings (SSSR count). The molecular weight excluding hydrogens is 360 g/mol. The summed E-state index contributed by atoms with van der Waals surface area (Å²) in [4.78, 5) is 12.4. The van der Waals surface area contributed by atoms with Crippen molar-refractivity contribution in [3.63, 3.8) is 0 Å². The minimum atomic E-state index is -0.0269. The maximum absolute atomic E-state index is 12.4. The van der Waals surface area contributed by atoms with Gasteiger partial charge in [-0.3, -0.25) is 10.1 Å². The van der Waals surface area contributed by atoms with Crippen LogP contribution in [0.4, 0.5) is 0 Å². The number of carbonyl (C=O) groups is 1. The molecule has 29 heavy (non-hydrogen) atoms. The molecule has 0 bridgehead atoms. The van der Waals surface area contributed by atoms with Gasteiger partial charge in [-0.2, -0.15) is 0 Å². The highest BCUT2D eigenvalue weighted by Crippen LogP contribution is 2.22. The Morgan fingerprint density at radius 2 is 1.66 bits per heavy atom. The Bertz CT molecular complexity index is 908. The van der Waals surface area contributed by atoms with E-state index in [4.69, 9.17) is 4.74 Å². The van der Waals surface area contributed by atoms with Crippen LogP contribution in [0, 0.1) is 6.92 Å². The number of hydrogen-bond acceptors (Lipinski definition) is 3. The number of aryl methyl sites for hydroxylation is 1. The van der Waals surface area contributed by atoms with E-state index in [2.05, 4.69) is 54.0 Å². The number of ether oxygens (including phenoxy) is 1. The van der Waals surface area contributed by atoms with Crippen LogP contribution in [0.5, 0.6) is 5.75 Å². The number of rotatable bonds is 9. The van der Waals surface area contributed by atoms with E-state index in [0.717, 1.165) is 28.9 Å². The lowest BCUT2D eigenvalue weighted by Gasteiger charge is -2.20. The van der Waals surface area contributed by atoms with E-state index in [-0.39, 0.29) is 18.5 Å². The van der Waals surface area contributed by atoms with Gasteiger partial charge in [-0.25, -0.2) is 0 Å². The molecule has 1 amide bonds. The predicted octanol–water partition coefficient (Wildman–Crippen LogP) is 4.04. The smallest absolute Gasteiger partial charge is 0.233 e. The van der Waals surface area contributed by atoms with Crippen molar-refractivity contribution in [3.05, 3.63) is 101 Å². The summed E-state index contributed by atoms with van der Waals surface area (Å²) in [5, 5.41) is 6.40. The van der Waals surface area contributed by atoms with Crippen LogP contribution in [0.15, 0.2) is 78.9 Å². The molecule has 0 aliphatic carbocycles. The Hall–Kier alpha value is -3.11. The standard InChI is InChI=1S/C25H28N2O2/c1-19-11-13-22(14-12-19)25(21-8-4-3-5-9-21)27-18-24(28)26-16-15-20-7-6-10-23(17-20)29-2/h3-14,17,25,27H,15-16,18H2,1-2H3,(H,26,28). The molecule has 3 aromatic carbocycles. The van der Waals surface area contributed by atoms with Crippen molar-refractivity contribution < 1.29 is 9.53 Å². The minimum Gasteiger partial charge on any atom is -0.497 e. The fourth-order valence-corrected chi connectivity index (χ4v) is 3.26. The molecule has 0 aromatic heterocycles. The monoisotopic (exact) mass is 388 g/mol. The molecule has 0 spiro atoms. The first-order valence-corrected chi connectivity index (χ1v) is 9.90. The molecule has 1 atom stereocenters. The molecule has 0 saturated heterocycles. The third kappa shape index (κ3) is 6.19. The summed E-state index contributed by atoms with van der Waals surface area (Å²) in [6.45, 7) is 2.92. The lowest BCUT2D eigenvalue weighted by Crippen LogP contribution is -2.37. The summed E-state index contributed by atoms with van der Waals surface area (Å²) in [5.41, 5.74) is 4.64. The van der Waals surface area contributed by atoms with Crippen LogP contribution in [0.3, 0.4) is 0 Å². The molecule has 4 heteroatoms. The average molecular weight is 389 g/mol.